The first-order valence-electron chi connectivity index (χ1n) is 9.70. The highest BCUT2D eigenvalue weighted by Gasteiger charge is 2.47. The number of rotatable bonds is 5. The Morgan fingerprint density at radius 1 is 0.903 bits per heavy atom. The molecule has 3 aromatic carbocycles. The van der Waals surface area contributed by atoms with E-state index in [-0.39, 0.29) is 17.2 Å². The summed E-state index contributed by atoms with van der Waals surface area (Å²) in [6, 6.07) is 21.9. The molecule has 0 unspecified atom stereocenters. The predicted octanol–water partition coefficient (Wildman–Crippen LogP) is 4.16. The maximum atomic E-state index is 12.0. The largest absolute Gasteiger partial charge is 0.478 e. The quantitative estimate of drug-likeness (QED) is 0.634. The molecular weight excluding hydrogens is 394 g/mol. The second-order valence-electron chi connectivity index (χ2n) is 7.32. The van der Waals surface area contributed by atoms with Gasteiger partial charge in [-0.3, -0.25) is 4.79 Å². The number of carboxylic acid groups (broad SMARTS) is 1. The molecule has 3 aromatic rings. The molecule has 1 N–H and O–H groups in total. The summed E-state index contributed by atoms with van der Waals surface area (Å²) in [7, 11) is 3.28. The summed E-state index contributed by atoms with van der Waals surface area (Å²) in [6.07, 6.45) is 2.94. The highest BCUT2D eigenvalue weighted by atomic mass is 16.7. The Morgan fingerprint density at radius 2 is 1.48 bits per heavy atom. The normalized spacial score (nSPS) is 13.9. The molecule has 0 saturated heterocycles. The molecule has 6 nitrogen and oxygen atoms in total. The lowest BCUT2D eigenvalue weighted by Gasteiger charge is -2.28. The maximum Gasteiger partial charge on any atom is 0.339 e. The van der Waals surface area contributed by atoms with Gasteiger partial charge in [-0.05, 0) is 23.8 Å². The molecule has 1 heterocycles. The minimum absolute atomic E-state index is 0.0387. The number of fused-ring (bicyclic) bond motifs is 1. The van der Waals surface area contributed by atoms with Crippen molar-refractivity contribution in [2.24, 2.45) is 0 Å². The third-order valence-corrected chi connectivity index (χ3v) is 4.97. The molecule has 6 heteroatoms. The number of likely N-dealkylation sites (N-methyl/N-ethyl adjacent to an activating group) is 1. The molecule has 156 valence electrons. The fourth-order valence-electron chi connectivity index (χ4n) is 3.41. The molecule has 1 aliphatic heterocycles. The van der Waals surface area contributed by atoms with Crippen LogP contribution in [-0.4, -0.2) is 36.0 Å². The van der Waals surface area contributed by atoms with Crippen LogP contribution in [0.25, 0.3) is 6.08 Å². The fourth-order valence-corrected chi connectivity index (χ4v) is 3.41. The summed E-state index contributed by atoms with van der Waals surface area (Å²) < 4.78 is 12.6. The van der Waals surface area contributed by atoms with Gasteiger partial charge >= 0.3 is 11.8 Å². The molecule has 4 rings (SSSR count). The van der Waals surface area contributed by atoms with Crippen LogP contribution in [0, 0.1) is 0 Å². The van der Waals surface area contributed by atoms with Crippen LogP contribution in [0.1, 0.15) is 27.0 Å². The third-order valence-electron chi connectivity index (χ3n) is 4.97. The van der Waals surface area contributed by atoms with E-state index >= 15 is 0 Å². The van der Waals surface area contributed by atoms with E-state index in [1.165, 1.54) is 17.0 Å². The summed E-state index contributed by atoms with van der Waals surface area (Å²) >= 11 is 0. The number of hydrogen-bond donors (Lipinski definition) is 1. The second-order valence-corrected chi connectivity index (χ2v) is 7.32. The highest BCUT2D eigenvalue weighted by molar-refractivity contribution is 5.95. The Kier molecular flexibility index (Phi) is 5.21. The zero-order chi connectivity index (χ0) is 22.0. The molecule has 0 bridgehead atoms. The second kappa shape index (κ2) is 7.99. The lowest BCUT2D eigenvalue weighted by atomic mass is 9.97. The third kappa shape index (κ3) is 3.75. The van der Waals surface area contributed by atoms with E-state index in [4.69, 9.17) is 9.47 Å². The van der Waals surface area contributed by atoms with Gasteiger partial charge in [0.25, 0.3) is 0 Å². The van der Waals surface area contributed by atoms with Crippen LogP contribution in [0.4, 0.5) is 0 Å². The van der Waals surface area contributed by atoms with Crippen molar-refractivity contribution in [3.05, 3.63) is 101 Å². The van der Waals surface area contributed by atoms with Crippen LogP contribution < -0.4 is 9.47 Å². The number of ether oxygens (including phenoxy) is 2. The maximum absolute atomic E-state index is 12.0. The van der Waals surface area contributed by atoms with Gasteiger partial charge in [-0.1, -0.05) is 60.7 Å². The van der Waals surface area contributed by atoms with E-state index in [1.807, 2.05) is 60.7 Å². The van der Waals surface area contributed by atoms with Crippen molar-refractivity contribution in [2.75, 3.05) is 14.1 Å². The summed E-state index contributed by atoms with van der Waals surface area (Å²) in [5, 5.41) is 9.82. The lowest BCUT2D eigenvalue weighted by Crippen LogP contribution is -2.36. The molecule has 0 aromatic heterocycles. The molecule has 0 saturated carbocycles. The van der Waals surface area contributed by atoms with Gasteiger partial charge in [-0.2, -0.15) is 0 Å². The Hall–Kier alpha value is -4.06. The monoisotopic (exact) mass is 415 g/mol. The number of aromatic carboxylic acids is 1. The first kappa shape index (κ1) is 20.2. The molecule has 0 fully saturated rings. The number of carbonyl (C=O) groups excluding carboxylic acids is 1. The number of amides is 1. The van der Waals surface area contributed by atoms with E-state index in [1.54, 1.807) is 26.2 Å². The predicted molar refractivity (Wildman–Crippen MR) is 116 cm³/mol. The SMILES string of the molecule is CN(C)C(=O)C=Cc1cc2c(c(C(=O)O)c1)OC(c1ccccc1)(c1ccccc1)O2. The van der Waals surface area contributed by atoms with Gasteiger partial charge in [0, 0.05) is 31.3 Å². The molecule has 0 aliphatic carbocycles. The fraction of sp³-hybridized carbons (Fsp3) is 0.120. The van der Waals surface area contributed by atoms with Gasteiger partial charge in [0.15, 0.2) is 11.5 Å². The number of hydrogen-bond acceptors (Lipinski definition) is 4. The Balaban J connectivity index is 1.84. The summed E-state index contributed by atoms with van der Waals surface area (Å²) in [5.41, 5.74) is 1.94. The Bertz CT molecular complexity index is 1110. The minimum atomic E-state index is -1.32. The number of carbonyl (C=O) groups is 2. The van der Waals surface area contributed by atoms with Crippen molar-refractivity contribution < 1.29 is 24.2 Å². The van der Waals surface area contributed by atoms with Crippen molar-refractivity contribution in [3.8, 4) is 11.5 Å². The van der Waals surface area contributed by atoms with Gasteiger partial charge in [-0.25, -0.2) is 4.79 Å². The molecule has 0 spiro atoms. The van der Waals surface area contributed by atoms with Crippen LogP contribution in [0.15, 0.2) is 78.9 Å². The van der Waals surface area contributed by atoms with Crippen molar-refractivity contribution >= 4 is 18.0 Å². The molecular formula is C25H21NO5. The van der Waals surface area contributed by atoms with Crippen LogP contribution in [0.3, 0.4) is 0 Å². The highest BCUT2D eigenvalue weighted by Crippen LogP contribution is 2.49. The molecule has 31 heavy (non-hydrogen) atoms. The van der Waals surface area contributed by atoms with Gasteiger partial charge in [0.05, 0.1) is 0 Å². The summed E-state index contributed by atoms with van der Waals surface area (Å²) in [5.74, 6) is -2.24. The molecule has 0 radical (unpaired) electrons. The lowest BCUT2D eigenvalue weighted by molar-refractivity contribution is -0.123. The van der Waals surface area contributed by atoms with Gasteiger partial charge in [0.2, 0.25) is 5.91 Å². The van der Waals surface area contributed by atoms with Gasteiger partial charge in [-0.15, -0.1) is 0 Å². The van der Waals surface area contributed by atoms with Crippen molar-refractivity contribution in [1.82, 2.24) is 4.90 Å². The van der Waals surface area contributed by atoms with Crippen LogP contribution in [0.2, 0.25) is 0 Å². The van der Waals surface area contributed by atoms with Crippen molar-refractivity contribution in [1.29, 1.82) is 0 Å². The smallest absolute Gasteiger partial charge is 0.339 e. The van der Waals surface area contributed by atoms with Crippen LogP contribution >= 0.6 is 0 Å². The first-order chi connectivity index (χ1) is 14.9. The van der Waals surface area contributed by atoms with Gasteiger partial charge in [0.1, 0.15) is 5.56 Å². The van der Waals surface area contributed by atoms with E-state index in [0.717, 1.165) is 11.1 Å². The number of carboxylic acids is 1. The van der Waals surface area contributed by atoms with Gasteiger partial charge < -0.3 is 19.5 Å². The van der Waals surface area contributed by atoms with Crippen LogP contribution in [0.5, 0.6) is 11.5 Å². The zero-order valence-corrected chi connectivity index (χ0v) is 17.1. The van der Waals surface area contributed by atoms with Crippen LogP contribution in [-0.2, 0) is 10.6 Å². The zero-order valence-electron chi connectivity index (χ0n) is 17.1. The number of nitrogens with zero attached hydrogens (tertiary/aromatic N) is 1. The average Bonchev–Trinajstić information content (AvgIpc) is 3.18. The van der Waals surface area contributed by atoms with E-state index in [0.29, 0.717) is 11.3 Å². The molecule has 1 aliphatic rings. The first-order valence-corrected chi connectivity index (χ1v) is 9.70. The van der Waals surface area contributed by atoms with E-state index in [2.05, 4.69) is 0 Å². The molecule has 0 atom stereocenters. The Labute approximate surface area is 180 Å². The molecule has 1 amide bonds. The summed E-state index contributed by atoms with van der Waals surface area (Å²) in [6.45, 7) is 0. The minimum Gasteiger partial charge on any atom is -0.478 e. The number of benzene rings is 3. The van der Waals surface area contributed by atoms with E-state index < -0.39 is 11.8 Å². The summed E-state index contributed by atoms with van der Waals surface area (Å²) in [4.78, 5) is 25.3. The van der Waals surface area contributed by atoms with Crippen molar-refractivity contribution in [3.63, 3.8) is 0 Å². The van der Waals surface area contributed by atoms with Crippen molar-refractivity contribution in [2.45, 2.75) is 5.79 Å². The Morgan fingerprint density at radius 3 is 2.00 bits per heavy atom. The standard InChI is InChI=1S/C25H21NO5/c1-26(2)22(27)14-13-17-15-20(24(28)29)23-21(16-17)30-25(31-23,18-9-5-3-6-10-18)19-11-7-4-8-12-19/h3-16H,1-2H3,(H,28,29). The average molecular weight is 415 g/mol. The van der Waals surface area contributed by atoms with E-state index in [9.17, 15) is 14.7 Å². The topological polar surface area (TPSA) is 76.1 Å².